The summed E-state index contributed by atoms with van der Waals surface area (Å²) < 4.78 is 10.3. The fraction of sp³-hybridized carbons (Fsp3) is 0.348. The second kappa shape index (κ2) is 10.4. The van der Waals surface area contributed by atoms with Gasteiger partial charge in [-0.25, -0.2) is 4.79 Å². The van der Waals surface area contributed by atoms with E-state index in [9.17, 15) is 4.79 Å². The van der Waals surface area contributed by atoms with Crippen LogP contribution in [0.2, 0.25) is 0 Å². The fourth-order valence-electron chi connectivity index (χ4n) is 2.57. The van der Waals surface area contributed by atoms with Crippen LogP contribution in [0.15, 0.2) is 47.6 Å². The summed E-state index contributed by atoms with van der Waals surface area (Å²) in [6, 6.07) is 2.07. The third-order valence-electron chi connectivity index (χ3n) is 4.19. The minimum absolute atomic E-state index is 0.309. The largest absolute Gasteiger partial charge is 0.496 e. The quantitative estimate of drug-likeness (QED) is 0.361. The molecule has 0 heterocycles. The number of hydrogen-bond donors (Lipinski definition) is 0. The average molecular weight is 354 g/mol. The smallest absolute Gasteiger partial charge is 0.330 e. The standard InChI is InChI=1S/C23H30O3/c1-8-26-23(24)14-17(3)11-9-10-16(2)12-13-21-18(4)15-22(25-7)20(6)19(21)5/h9-15H,8H2,1-7H3/b11-9-,13-12-,16-10-,17-14-. The topological polar surface area (TPSA) is 35.5 Å². The Morgan fingerprint density at radius 2 is 1.77 bits per heavy atom. The fourth-order valence-corrected chi connectivity index (χ4v) is 2.57. The Bertz CT molecular complexity index is 762. The van der Waals surface area contributed by atoms with Gasteiger partial charge in [0.25, 0.3) is 0 Å². The number of carbonyl (C=O) groups is 1. The summed E-state index contributed by atoms with van der Waals surface area (Å²) in [4.78, 5) is 11.4. The van der Waals surface area contributed by atoms with E-state index in [1.54, 1.807) is 14.0 Å². The zero-order valence-electron chi connectivity index (χ0n) is 17.0. The van der Waals surface area contributed by atoms with Gasteiger partial charge < -0.3 is 9.47 Å². The summed E-state index contributed by atoms with van der Waals surface area (Å²) in [6.45, 7) is 12.4. The van der Waals surface area contributed by atoms with Gasteiger partial charge >= 0.3 is 5.97 Å². The van der Waals surface area contributed by atoms with Crippen molar-refractivity contribution in [1.82, 2.24) is 0 Å². The van der Waals surface area contributed by atoms with E-state index >= 15 is 0 Å². The van der Waals surface area contributed by atoms with Crippen LogP contribution in [0.1, 0.15) is 43.0 Å². The molecule has 0 unspecified atom stereocenters. The molecule has 0 fully saturated rings. The summed E-state index contributed by atoms with van der Waals surface area (Å²) in [5, 5.41) is 0. The zero-order valence-corrected chi connectivity index (χ0v) is 17.0. The number of methoxy groups -OCH3 is 1. The predicted octanol–water partition coefficient (Wildman–Crippen LogP) is 5.65. The molecule has 1 rings (SSSR count). The number of allylic oxidation sites excluding steroid dienone is 6. The minimum atomic E-state index is -0.309. The molecule has 0 amide bonds. The summed E-state index contributed by atoms with van der Waals surface area (Å²) >= 11 is 0. The van der Waals surface area contributed by atoms with Crippen LogP contribution in [0.3, 0.4) is 0 Å². The van der Waals surface area contributed by atoms with E-state index in [0.717, 1.165) is 16.9 Å². The lowest BCUT2D eigenvalue weighted by Crippen LogP contribution is -1.99. The highest BCUT2D eigenvalue weighted by Gasteiger charge is 2.08. The van der Waals surface area contributed by atoms with Crippen molar-refractivity contribution in [2.24, 2.45) is 0 Å². The Kier molecular flexibility index (Phi) is 8.63. The lowest BCUT2D eigenvalue weighted by molar-refractivity contribution is -0.137. The summed E-state index contributed by atoms with van der Waals surface area (Å²) in [7, 11) is 1.70. The molecule has 0 spiro atoms. The van der Waals surface area contributed by atoms with Crippen molar-refractivity contribution in [2.75, 3.05) is 13.7 Å². The second-order valence-electron chi connectivity index (χ2n) is 6.30. The molecule has 26 heavy (non-hydrogen) atoms. The van der Waals surface area contributed by atoms with Crippen molar-refractivity contribution in [1.29, 1.82) is 0 Å². The van der Waals surface area contributed by atoms with Crippen LogP contribution in [0.5, 0.6) is 5.75 Å². The van der Waals surface area contributed by atoms with Gasteiger partial charge in [0.05, 0.1) is 13.7 Å². The molecule has 0 saturated heterocycles. The SMILES string of the molecule is CCOC(=O)\C=C(C)/C=C\C=C(C)/C=C\c1c(C)cc(OC)c(C)c1C. The van der Waals surface area contributed by atoms with Crippen molar-refractivity contribution in [2.45, 2.75) is 41.5 Å². The average Bonchev–Trinajstić information content (AvgIpc) is 2.58. The van der Waals surface area contributed by atoms with E-state index < -0.39 is 0 Å². The molecule has 0 saturated carbocycles. The van der Waals surface area contributed by atoms with Crippen LogP contribution in [0.25, 0.3) is 6.08 Å². The molecule has 1 aromatic carbocycles. The van der Waals surface area contributed by atoms with Crippen molar-refractivity contribution >= 4 is 12.0 Å². The molecule has 0 aliphatic heterocycles. The monoisotopic (exact) mass is 354 g/mol. The van der Waals surface area contributed by atoms with E-state index in [1.807, 2.05) is 32.1 Å². The Labute approximate surface area is 157 Å². The molecule has 0 aliphatic rings. The highest BCUT2D eigenvalue weighted by atomic mass is 16.5. The maximum atomic E-state index is 11.4. The zero-order chi connectivity index (χ0) is 19.7. The van der Waals surface area contributed by atoms with Crippen LogP contribution < -0.4 is 4.74 Å². The van der Waals surface area contributed by atoms with Gasteiger partial charge in [0.2, 0.25) is 0 Å². The Hall–Kier alpha value is -2.55. The van der Waals surface area contributed by atoms with Gasteiger partial charge in [0.15, 0.2) is 0 Å². The molecule has 0 N–H and O–H groups in total. The molecule has 1 aromatic rings. The molecule has 0 aromatic heterocycles. The number of rotatable bonds is 7. The van der Waals surface area contributed by atoms with E-state index in [0.29, 0.717) is 6.61 Å². The minimum Gasteiger partial charge on any atom is -0.496 e. The van der Waals surface area contributed by atoms with Gasteiger partial charge in [-0.3, -0.25) is 0 Å². The third kappa shape index (κ3) is 6.40. The first-order valence-corrected chi connectivity index (χ1v) is 8.83. The van der Waals surface area contributed by atoms with E-state index in [2.05, 4.69) is 39.0 Å². The Balaban J connectivity index is 2.89. The number of carbonyl (C=O) groups excluding carboxylic acids is 1. The lowest BCUT2D eigenvalue weighted by atomic mass is 9.96. The Morgan fingerprint density at radius 1 is 1.08 bits per heavy atom. The molecule has 0 radical (unpaired) electrons. The van der Waals surface area contributed by atoms with Crippen LogP contribution >= 0.6 is 0 Å². The molecule has 140 valence electrons. The molecule has 0 atom stereocenters. The van der Waals surface area contributed by atoms with Crippen molar-refractivity contribution in [3.63, 3.8) is 0 Å². The van der Waals surface area contributed by atoms with Gasteiger partial charge in [-0.15, -0.1) is 0 Å². The molecule has 0 aliphatic carbocycles. The first-order chi connectivity index (χ1) is 12.3. The van der Waals surface area contributed by atoms with E-state index in [4.69, 9.17) is 9.47 Å². The Morgan fingerprint density at radius 3 is 2.38 bits per heavy atom. The first kappa shape index (κ1) is 21.5. The molecule has 3 heteroatoms. The van der Waals surface area contributed by atoms with E-state index in [-0.39, 0.29) is 5.97 Å². The maximum absolute atomic E-state index is 11.4. The molecular formula is C23H30O3. The molecule has 0 bridgehead atoms. The first-order valence-electron chi connectivity index (χ1n) is 8.83. The lowest BCUT2D eigenvalue weighted by Gasteiger charge is -2.13. The normalized spacial score (nSPS) is 12.9. The second-order valence-corrected chi connectivity index (χ2v) is 6.30. The van der Waals surface area contributed by atoms with Gasteiger partial charge in [0, 0.05) is 6.08 Å². The van der Waals surface area contributed by atoms with Crippen LogP contribution in [-0.2, 0) is 9.53 Å². The van der Waals surface area contributed by atoms with Crippen LogP contribution in [0, 0.1) is 20.8 Å². The summed E-state index contributed by atoms with van der Waals surface area (Å²) in [5.41, 5.74) is 6.79. The van der Waals surface area contributed by atoms with Gasteiger partial charge in [0.1, 0.15) is 5.75 Å². The number of ether oxygens (including phenoxy) is 2. The summed E-state index contributed by atoms with van der Waals surface area (Å²) in [5.74, 6) is 0.618. The van der Waals surface area contributed by atoms with Crippen molar-refractivity contribution in [3.8, 4) is 5.75 Å². The van der Waals surface area contributed by atoms with Gasteiger partial charge in [-0.05, 0) is 75.4 Å². The number of esters is 1. The number of benzene rings is 1. The van der Waals surface area contributed by atoms with E-state index in [1.165, 1.54) is 28.3 Å². The highest BCUT2D eigenvalue weighted by Crippen LogP contribution is 2.28. The van der Waals surface area contributed by atoms with Crippen LogP contribution in [-0.4, -0.2) is 19.7 Å². The maximum Gasteiger partial charge on any atom is 0.330 e. The highest BCUT2D eigenvalue weighted by molar-refractivity contribution is 5.83. The van der Waals surface area contributed by atoms with Gasteiger partial charge in [-0.2, -0.15) is 0 Å². The number of aryl methyl sites for hydroxylation is 1. The molecular weight excluding hydrogens is 324 g/mol. The predicted molar refractivity (Wildman–Crippen MR) is 110 cm³/mol. The van der Waals surface area contributed by atoms with Crippen LogP contribution in [0.4, 0.5) is 0 Å². The van der Waals surface area contributed by atoms with Crippen molar-refractivity contribution < 1.29 is 14.3 Å². The molecule has 3 nitrogen and oxygen atoms in total. The summed E-state index contributed by atoms with van der Waals surface area (Å²) in [6.07, 6.45) is 11.6. The number of hydrogen-bond acceptors (Lipinski definition) is 3. The third-order valence-corrected chi connectivity index (χ3v) is 4.19. The van der Waals surface area contributed by atoms with Gasteiger partial charge in [-0.1, -0.05) is 36.0 Å². The van der Waals surface area contributed by atoms with Crippen molar-refractivity contribution in [3.05, 3.63) is 69.8 Å².